The second kappa shape index (κ2) is 5.71. The van der Waals surface area contributed by atoms with Gasteiger partial charge in [-0.2, -0.15) is 0 Å². The molecule has 0 radical (unpaired) electrons. The first-order chi connectivity index (χ1) is 8.16. The Bertz CT molecular complexity index is 269. The summed E-state index contributed by atoms with van der Waals surface area (Å²) in [6, 6.07) is 1.06. The Hall–Kier alpha value is -0.770. The van der Waals surface area contributed by atoms with Gasteiger partial charge in [-0.15, -0.1) is 0 Å². The zero-order chi connectivity index (χ0) is 12.3. The summed E-state index contributed by atoms with van der Waals surface area (Å²) in [5, 5.41) is 0. The Balaban J connectivity index is 1.94. The minimum Gasteiger partial charge on any atom is -0.370 e. The molecule has 1 aliphatic carbocycles. The highest BCUT2D eigenvalue weighted by Crippen LogP contribution is 2.22. The van der Waals surface area contributed by atoms with E-state index in [0.29, 0.717) is 12.1 Å². The molecule has 4 heteroatoms. The van der Waals surface area contributed by atoms with Crippen molar-refractivity contribution in [2.75, 3.05) is 27.2 Å². The molecule has 1 saturated carbocycles. The zero-order valence-electron chi connectivity index (χ0n) is 11.2. The van der Waals surface area contributed by atoms with Crippen molar-refractivity contribution in [3.63, 3.8) is 0 Å². The second-order valence-corrected chi connectivity index (χ2v) is 5.68. The Morgan fingerprint density at radius 2 is 1.94 bits per heavy atom. The van der Waals surface area contributed by atoms with Crippen LogP contribution in [0.4, 0.5) is 0 Å². The Kier molecular flexibility index (Phi) is 4.26. The van der Waals surface area contributed by atoms with Crippen LogP contribution in [0.1, 0.15) is 38.5 Å². The summed E-state index contributed by atoms with van der Waals surface area (Å²) < 4.78 is 0. The minimum absolute atomic E-state index is 0.496. The molecule has 1 saturated heterocycles. The summed E-state index contributed by atoms with van der Waals surface area (Å²) in [5.74, 6) is 0.793. The third-order valence-corrected chi connectivity index (χ3v) is 3.89. The molecule has 1 atom stereocenters. The van der Waals surface area contributed by atoms with Gasteiger partial charge in [0, 0.05) is 19.1 Å². The van der Waals surface area contributed by atoms with E-state index in [1.165, 1.54) is 38.5 Å². The average molecular weight is 238 g/mol. The summed E-state index contributed by atoms with van der Waals surface area (Å²) in [4.78, 5) is 9.28. The largest absolute Gasteiger partial charge is 0.370 e. The lowest BCUT2D eigenvalue weighted by Crippen LogP contribution is -2.45. The van der Waals surface area contributed by atoms with E-state index in [4.69, 9.17) is 10.7 Å². The summed E-state index contributed by atoms with van der Waals surface area (Å²) >= 11 is 0. The van der Waals surface area contributed by atoms with E-state index in [1.54, 1.807) is 0 Å². The molecule has 4 nitrogen and oxygen atoms in total. The predicted octanol–water partition coefficient (Wildman–Crippen LogP) is 1.27. The van der Waals surface area contributed by atoms with Gasteiger partial charge in [-0.1, -0.05) is 12.8 Å². The van der Waals surface area contributed by atoms with Gasteiger partial charge in [0.15, 0.2) is 5.96 Å². The number of hydrogen-bond acceptors (Lipinski definition) is 2. The average Bonchev–Trinajstić information content (AvgIpc) is 2.87. The maximum Gasteiger partial charge on any atom is 0.191 e. The topological polar surface area (TPSA) is 44.9 Å². The number of aliphatic imine (C=N–C) groups is 1. The van der Waals surface area contributed by atoms with Gasteiger partial charge < -0.3 is 15.5 Å². The van der Waals surface area contributed by atoms with Crippen LogP contribution in [0.15, 0.2) is 4.99 Å². The van der Waals surface area contributed by atoms with E-state index in [1.807, 2.05) is 0 Å². The lowest BCUT2D eigenvalue weighted by molar-refractivity contribution is 0.283. The molecule has 2 rings (SSSR count). The highest BCUT2D eigenvalue weighted by atomic mass is 15.3. The van der Waals surface area contributed by atoms with E-state index >= 15 is 0 Å². The van der Waals surface area contributed by atoms with Gasteiger partial charge in [0.1, 0.15) is 0 Å². The van der Waals surface area contributed by atoms with Gasteiger partial charge in [0.2, 0.25) is 0 Å². The molecule has 17 heavy (non-hydrogen) atoms. The van der Waals surface area contributed by atoms with Gasteiger partial charge in [0.05, 0.1) is 6.04 Å². The predicted molar refractivity (Wildman–Crippen MR) is 72.2 cm³/mol. The van der Waals surface area contributed by atoms with Crippen molar-refractivity contribution in [1.29, 1.82) is 0 Å². The van der Waals surface area contributed by atoms with Crippen LogP contribution in [0.5, 0.6) is 0 Å². The van der Waals surface area contributed by atoms with Crippen molar-refractivity contribution < 1.29 is 0 Å². The molecule has 1 aliphatic heterocycles. The quantitative estimate of drug-likeness (QED) is 0.595. The first-order valence-electron chi connectivity index (χ1n) is 6.91. The van der Waals surface area contributed by atoms with Gasteiger partial charge in [-0.25, -0.2) is 4.99 Å². The molecule has 0 spiro atoms. The number of guanidine groups is 1. The molecule has 0 aromatic carbocycles. The van der Waals surface area contributed by atoms with Crippen LogP contribution in [-0.2, 0) is 0 Å². The zero-order valence-corrected chi connectivity index (χ0v) is 11.2. The number of nitrogens with zero attached hydrogens (tertiary/aromatic N) is 3. The van der Waals surface area contributed by atoms with Crippen molar-refractivity contribution in [2.45, 2.75) is 50.6 Å². The SMILES string of the molecule is CN(C)CC1CCCN1C(N)=NC1CCCC1. The fourth-order valence-corrected chi connectivity index (χ4v) is 3.04. The fraction of sp³-hybridized carbons (Fsp3) is 0.923. The first kappa shape index (κ1) is 12.7. The van der Waals surface area contributed by atoms with Crippen LogP contribution in [0.3, 0.4) is 0 Å². The van der Waals surface area contributed by atoms with E-state index in [0.717, 1.165) is 19.0 Å². The molecule has 0 bridgehead atoms. The van der Waals surface area contributed by atoms with Gasteiger partial charge in [-0.3, -0.25) is 0 Å². The minimum atomic E-state index is 0.496. The highest BCUT2D eigenvalue weighted by molar-refractivity contribution is 5.79. The van der Waals surface area contributed by atoms with Crippen molar-refractivity contribution in [3.8, 4) is 0 Å². The second-order valence-electron chi connectivity index (χ2n) is 5.68. The Labute approximate surface area is 105 Å². The normalized spacial score (nSPS) is 27.4. The molecule has 1 heterocycles. The summed E-state index contributed by atoms with van der Waals surface area (Å²) in [6.45, 7) is 2.17. The molecule has 2 aliphatic rings. The van der Waals surface area contributed by atoms with Crippen molar-refractivity contribution in [3.05, 3.63) is 0 Å². The summed E-state index contributed by atoms with van der Waals surface area (Å²) in [6.07, 6.45) is 7.60. The number of likely N-dealkylation sites (tertiary alicyclic amines) is 1. The third kappa shape index (κ3) is 3.35. The van der Waals surface area contributed by atoms with E-state index in [2.05, 4.69) is 23.9 Å². The van der Waals surface area contributed by atoms with Crippen molar-refractivity contribution in [1.82, 2.24) is 9.80 Å². The van der Waals surface area contributed by atoms with Gasteiger partial charge >= 0.3 is 0 Å². The van der Waals surface area contributed by atoms with Crippen molar-refractivity contribution >= 4 is 5.96 Å². The molecular weight excluding hydrogens is 212 g/mol. The molecule has 0 aromatic heterocycles. The standard InChI is InChI=1S/C13H26N4/c1-16(2)10-12-8-5-9-17(12)13(14)15-11-6-3-4-7-11/h11-12H,3-10H2,1-2H3,(H2,14,15). The van der Waals surface area contributed by atoms with Gasteiger partial charge in [-0.05, 0) is 39.8 Å². The third-order valence-electron chi connectivity index (χ3n) is 3.89. The number of hydrogen-bond donors (Lipinski definition) is 1. The van der Waals surface area contributed by atoms with Crippen LogP contribution < -0.4 is 5.73 Å². The van der Waals surface area contributed by atoms with Crippen LogP contribution in [0.2, 0.25) is 0 Å². The maximum absolute atomic E-state index is 6.18. The molecule has 0 aromatic rings. The molecule has 98 valence electrons. The lowest BCUT2D eigenvalue weighted by atomic mass is 10.2. The number of rotatable bonds is 3. The van der Waals surface area contributed by atoms with Gasteiger partial charge in [0.25, 0.3) is 0 Å². The molecule has 0 amide bonds. The fourth-order valence-electron chi connectivity index (χ4n) is 3.04. The van der Waals surface area contributed by atoms with Crippen LogP contribution >= 0.6 is 0 Å². The summed E-state index contributed by atoms with van der Waals surface area (Å²) in [7, 11) is 4.25. The lowest BCUT2D eigenvalue weighted by Gasteiger charge is -2.28. The van der Waals surface area contributed by atoms with Crippen molar-refractivity contribution in [2.24, 2.45) is 10.7 Å². The molecular formula is C13H26N4. The molecule has 2 fully saturated rings. The van der Waals surface area contributed by atoms with E-state index < -0.39 is 0 Å². The van der Waals surface area contributed by atoms with Crippen LogP contribution in [0, 0.1) is 0 Å². The van der Waals surface area contributed by atoms with Crippen LogP contribution in [0.25, 0.3) is 0 Å². The molecule has 2 N–H and O–H groups in total. The van der Waals surface area contributed by atoms with E-state index in [-0.39, 0.29) is 0 Å². The van der Waals surface area contributed by atoms with E-state index in [9.17, 15) is 0 Å². The summed E-state index contributed by atoms with van der Waals surface area (Å²) in [5.41, 5.74) is 6.18. The smallest absolute Gasteiger partial charge is 0.191 e. The monoisotopic (exact) mass is 238 g/mol. The number of likely N-dealkylation sites (N-methyl/N-ethyl adjacent to an activating group) is 1. The molecule has 1 unspecified atom stereocenters. The highest BCUT2D eigenvalue weighted by Gasteiger charge is 2.27. The Morgan fingerprint density at radius 3 is 2.59 bits per heavy atom. The maximum atomic E-state index is 6.18. The Morgan fingerprint density at radius 1 is 1.24 bits per heavy atom. The number of nitrogens with two attached hydrogens (primary N) is 1. The first-order valence-corrected chi connectivity index (χ1v) is 6.91. The van der Waals surface area contributed by atoms with Crippen LogP contribution in [-0.4, -0.2) is 55.0 Å².